The average molecular weight is 350 g/mol. The zero-order chi connectivity index (χ0) is 15.4. The van der Waals surface area contributed by atoms with Crippen molar-refractivity contribution in [2.75, 3.05) is 5.75 Å². The second-order valence-corrected chi connectivity index (χ2v) is 8.43. The van der Waals surface area contributed by atoms with Gasteiger partial charge in [0.05, 0.1) is 5.25 Å². The number of hydrogen-bond donors (Lipinski definition) is 0. The Morgan fingerprint density at radius 1 is 1.18 bits per heavy atom. The van der Waals surface area contributed by atoms with Crippen molar-refractivity contribution in [1.29, 1.82) is 0 Å². The van der Waals surface area contributed by atoms with Gasteiger partial charge in [0.1, 0.15) is 0 Å². The van der Waals surface area contributed by atoms with Crippen LogP contribution in [0.5, 0.6) is 0 Å². The van der Waals surface area contributed by atoms with Crippen LogP contribution in [0.1, 0.15) is 25.0 Å². The Hall–Kier alpha value is -1.38. The van der Waals surface area contributed by atoms with Gasteiger partial charge in [-0.3, -0.25) is 0 Å². The molecule has 22 heavy (non-hydrogen) atoms. The molecule has 1 unspecified atom stereocenters. The molecule has 0 radical (unpaired) electrons. The molecule has 2 heterocycles. The fraction of sp³-hybridized carbons (Fsp3) is 0.286. The Morgan fingerprint density at radius 2 is 1.95 bits per heavy atom. The predicted octanol–water partition coefficient (Wildman–Crippen LogP) is 4.55. The smallest absolute Gasteiger partial charge is 0.240 e. The molecule has 114 valence electrons. The Morgan fingerprint density at radius 3 is 2.73 bits per heavy atom. The number of aromatic nitrogens is 4. The molecule has 5 nitrogen and oxygen atoms in total. The summed E-state index contributed by atoms with van der Waals surface area (Å²) in [5.74, 6) is 2.21. The number of thioether (sulfide) groups is 2. The predicted molar refractivity (Wildman–Crippen MR) is 90.3 cm³/mol. The highest BCUT2D eigenvalue weighted by Gasteiger charge is 2.18. The maximum atomic E-state index is 5.38. The van der Waals surface area contributed by atoms with Crippen LogP contribution >= 0.6 is 34.9 Å². The molecule has 0 saturated heterocycles. The molecular formula is C14H14N4OS3. The van der Waals surface area contributed by atoms with Crippen molar-refractivity contribution in [2.24, 2.45) is 0 Å². The quantitative estimate of drug-likeness (QED) is 0.604. The average Bonchev–Trinajstić information content (AvgIpc) is 3.18. The van der Waals surface area contributed by atoms with Crippen molar-refractivity contribution in [3.05, 3.63) is 36.2 Å². The van der Waals surface area contributed by atoms with Gasteiger partial charge in [-0.1, -0.05) is 77.3 Å². The Bertz CT molecular complexity index is 729. The third-order valence-corrected chi connectivity index (χ3v) is 5.87. The van der Waals surface area contributed by atoms with Gasteiger partial charge in [-0.05, 0) is 12.7 Å². The molecule has 2 aromatic heterocycles. The highest BCUT2D eigenvalue weighted by Crippen LogP contribution is 2.37. The molecule has 3 rings (SSSR count). The van der Waals surface area contributed by atoms with Crippen molar-refractivity contribution < 1.29 is 4.52 Å². The van der Waals surface area contributed by atoms with E-state index in [1.807, 2.05) is 37.3 Å². The first-order chi connectivity index (χ1) is 10.8. The van der Waals surface area contributed by atoms with Crippen LogP contribution in [-0.2, 0) is 0 Å². The summed E-state index contributed by atoms with van der Waals surface area (Å²) < 4.78 is 7.29. The summed E-state index contributed by atoms with van der Waals surface area (Å²) in [6, 6.07) is 9.80. The van der Waals surface area contributed by atoms with Crippen LogP contribution in [0.3, 0.4) is 0 Å². The normalized spacial score (nSPS) is 12.5. The van der Waals surface area contributed by atoms with E-state index in [4.69, 9.17) is 4.52 Å². The molecule has 0 saturated carbocycles. The number of nitrogens with zero attached hydrogens (tertiary/aromatic N) is 4. The second kappa shape index (κ2) is 7.26. The summed E-state index contributed by atoms with van der Waals surface area (Å²) in [7, 11) is 0. The standard InChI is InChI=1S/C14H14N4OS3/c1-3-20-13-16-17-14(22-13)21-9(2)12-15-11(18-19-12)10-7-5-4-6-8-10/h4-9H,3H2,1-2H3. The largest absolute Gasteiger partial charge is 0.338 e. The number of rotatable bonds is 6. The van der Waals surface area contributed by atoms with Gasteiger partial charge in [0.25, 0.3) is 0 Å². The van der Waals surface area contributed by atoms with Crippen LogP contribution in [0.25, 0.3) is 11.4 Å². The van der Waals surface area contributed by atoms with Crippen LogP contribution in [0, 0.1) is 0 Å². The van der Waals surface area contributed by atoms with Crippen molar-refractivity contribution in [3.63, 3.8) is 0 Å². The van der Waals surface area contributed by atoms with Gasteiger partial charge in [-0.2, -0.15) is 4.98 Å². The summed E-state index contributed by atoms with van der Waals surface area (Å²) in [5, 5.41) is 12.4. The lowest BCUT2D eigenvalue weighted by molar-refractivity contribution is 0.381. The van der Waals surface area contributed by atoms with E-state index in [0.29, 0.717) is 11.7 Å². The number of hydrogen-bond acceptors (Lipinski definition) is 8. The van der Waals surface area contributed by atoms with E-state index in [2.05, 4.69) is 27.3 Å². The summed E-state index contributed by atoms with van der Waals surface area (Å²) >= 11 is 4.89. The molecule has 0 bridgehead atoms. The van der Waals surface area contributed by atoms with Gasteiger partial charge < -0.3 is 4.52 Å². The molecule has 0 amide bonds. The molecule has 0 aliphatic heterocycles. The van der Waals surface area contributed by atoms with Crippen LogP contribution in [-0.4, -0.2) is 26.1 Å². The van der Waals surface area contributed by atoms with Gasteiger partial charge in [0, 0.05) is 5.56 Å². The first-order valence-corrected chi connectivity index (χ1v) is 9.46. The van der Waals surface area contributed by atoms with Crippen molar-refractivity contribution in [1.82, 2.24) is 20.3 Å². The Labute approximate surface area is 140 Å². The molecule has 0 aliphatic carbocycles. The lowest BCUT2D eigenvalue weighted by Gasteiger charge is -2.01. The maximum absolute atomic E-state index is 5.38. The fourth-order valence-corrected chi connectivity index (χ4v) is 4.82. The molecule has 0 fully saturated rings. The molecule has 0 aliphatic rings. The highest BCUT2D eigenvalue weighted by molar-refractivity contribution is 8.03. The van der Waals surface area contributed by atoms with E-state index in [-0.39, 0.29) is 5.25 Å². The monoisotopic (exact) mass is 350 g/mol. The van der Waals surface area contributed by atoms with Crippen LogP contribution in [0.15, 0.2) is 43.5 Å². The zero-order valence-electron chi connectivity index (χ0n) is 12.1. The van der Waals surface area contributed by atoms with Gasteiger partial charge in [-0.15, -0.1) is 10.2 Å². The Kier molecular flexibility index (Phi) is 5.12. The third-order valence-electron chi connectivity index (χ3n) is 2.75. The fourth-order valence-electron chi connectivity index (χ4n) is 1.73. The van der Waals surface area contributed by atoms with E-state index >= 15 is 0 Å². The van der Waals surface area contributed by atoms with Crippen molar-refractivity contribution in [2.45, 2.75) is 27.8 Å². The molecule has 0 spiro atoms. The molecule has 3 aromatic rings. The third kappa shape index (κ3) is 3.68. The minimum absolute atomic E-state index is 0.0392. The lowest BCUT2D eigenvalue weighted by atomic mass is 10.2. The topological polar surface area (TPSA) is 64.7 Å². The Balaban J connectivity index is 1.70. The van der Waals surface area contributed by atoms with Crippen molar-refractivity contribution in [3.8, 4) is 11.4 Å². The molecule has 8 heteroatoms. The maximum Gasteiger partial charge on any atom is 0.240 e. The van der Waals surface area contributed by atoms with Gasteiger partial charge in [0.2, 0.25) is 11.7 Å². The lowest BCUT2D eigenvalue weighted by Crippen LogP contribution is -1.88. The van der Waals surface area contributed by atoms with Crippen LogP contribution in [0.4, 0.5) is 0 Å². The summed E-state index contributed by atoms with van der Waals surface area (Å²) in [6.07, 6.45) is 0. The van der Waals surface area contributed by atoms with E-state index in [1.54, 1.807) is 34.9 Å². The second-order valence-electron chi connectivity index (χ2n) is 4.35. The first kappa shape index (κ1) is 15.5. The van der Waals surface area contributed by atoms with E-state index in [9.17, 15) is 0 Å². The minimum atomic E-state index is 0.0392. The van der Waals surface area contributed by atoms with E-state index < -0.39 is 0 Å². The molecule has 1 atom stereocenters. The molecule has 1 aromatic carbocycles. The van der Waals surface area contributed by atoms with Gasteiger partial charge in [-0.25, -0.2) is 0 Å². The first-order valence-electron chi connectivity index (χ1n) is 6.78. The SMILES string of the molecule is CCSc1nnc(SC(C)c2nc(-c3ccccc3)no2)s1. The van der Waals surface area contributed by atoms with Crippen LogP contribution in [0.2, 0.25) is 0 Å². The summed E-state index contributed by atoms with van der Waals surface area (Å²) in [4.78, 5) is 4.47. The summed E-state index contributed by atoms with van der Waals surface area (Å²) in [5.41, 5.74) is 0.951. The van der Waals surface area contributed by atoms with E-state index in [0.717, 1.165) is 20.0 Å². The van der Waals surface area contributed by atoms with Gasteiger partial charge >= 0.3 is 0 Å². The van der Waals surface area contributed by atoms with Gasteiger partial charge in [0.15, 0.2) is 8.68 Å². The summed E-state index contributed by atoms with van der Waals surface area (Å²) in [6.45, 7) is 4.13. The highest BCUT2D eigenvalue weighted by atomic mass is 32.2. The van der Waals surface area contributed by atoms with Crippen LogP contribution < -0.4 is 0 Å². The number of benzene rings is 1. The molecular weight excluding hydrogens is 336 g/mol. The van der Waals surface area contributed by atoms with Crippen molar-refractivity contribution >= 4 is 34.9 Å². The molecule has 0 N–H and O–H groups in total. The van der Waals surface area contributed by atoms with E-state index in [1.165, 1.54) is 0 Å². The minimum Gasteiger partial charge on any atom is -0.338 e. The zero-order valence-corrected chi connectivity index (χ0v) is 14.5.